The molecule has 4 atom stereocenters. The van der Waals surface area contributed by atoms with E-state index in [0.717, 1.165) is 19.3 Å². The molecule has 0 saturated carbocycles. The monoisotopic (exact) mass is 275 g/mol. The summed E-state index contributed by atoms with van der Waals surface area (Å²) in [5.41, 5.74) is 0.698. The summed E-state index contributed by atoms with van der Waals surface area (Å²) < 4.78 is 5.29. The molecule has 0 spiro atoms. The van der Waals surface area contributed by atoms with Crippen molar-refractivity contribution in [3.05, 3.63) is 0 Å². The topological polar surface area (TPSA) is 91.5 Å². The Hall–Kier alpha value is -0.690. The third kappa shape index (κ3) is 5.44. The van der Waals surface area contributed by atoms with Crippen LogP contribution >= 0.6 is 0 Å². The smallest absolute Gasteiger partial charge is 0.117 e. The van der Waals surface area contributed by atoms with Gasteiger partial charge in [0.05, 0.1) is 18.4 Å². The van der Waals surface area contributed by atoms with E-state index in [4.69, 9.17) is 9.57 Å². The van der Waals surface area contributed by atoms with Gasteiger partial charge in [0.1, 0.15) is 24.9 Å². The molecular formula is C13H25NO5. The first kappa shape index (κ1) is 16.4. The highest BCUT2D eigenvalue weighted by Gasteiger charge is 2.37. The third-order valence-electron chi connectivity index (χ3n) is 3.16. The van der Waals surface area contributed by atoms with Gasteiger partial charge in [0.2, 0.25) is 0 Å². The van der Waals surface area contributed by atoms with Crippen molar-refractivity contribution < 1.29 is 24.9 Å². The van der Waals surface area contributed by atoms with Gasteiger partial charge in [-0.05, 0) is 13.3 Å². The molecular weight excluding hydrogens is 250 g/mol. The van der Waals surface area contributed by atoms with Gasteiger partial charge in [-0.15, -0.1) is 0 Å². The predicted octanol–water partition coefficient (Wildman–Crippen LogP) is 0.441. The van der Waals surface area contributed by atoms with Crippen LogP contribution in [0.3, 0.4) is 0 Å². The fraction of sp³-hybridized carbons (Fsp3) is 0.923. The molecule has 6 nitrogen and oxygen atoms in total. The first-order valence-electron chi connectivity index (χ1n) is 6.87. The summed E-state index contributed by atoms with van der Waals surface area (Å²) in [6, 6.07) is 0. The molecule has 0 unspecified atom stereocenters. The van der Waals surface area contributed by atoms with Gasteiger partial charge in [0, 0.05) is 6.42 Å². The molecule has 0 radical (unpaired) electrons. The van der Waals surface area contributed by atoms with Gasteiger partial charge in [-0.25, -0.2) is 0 Å². The average Bonchev–Trinajstić information content (AvgIpc) is 2.39. The molecule has 1 heterocycles. The highest BCUT2D eigenvalue weighted by molar-refractivity contribution is 5.81. The molecule has 1 aliphatic heterocycles. The van der Waals surface area contributed by atoms with E-state index in [1.807, 2.05) is 0 Å². The normalized spacial score (nSPS) is 32.4. The number of hydrogen-bond donors (Lipinski definition) is 3. The van der Waals surface area contributed by atoms with Crippen LogP contribution in [0.25, 0.3) is 0 Å². The summed E-state index contributed by atoms with van der Waals surface area (Å²) in [6.07, 6.45) is -0.266. The second kappa shape index (κ2) is 8.47. The number of aliphatic hydroxyl groups excluding tert-OH is 3. The Bertz CT molecular complexity index is 284. The Morgan fingerprint density at radius 1 is 1.26 bits per heavy atom. The number of nitrogens with zero attached hydrogens (tertiary/aromatic N) is 1. The SMILES string of the molecule is CCCCCO/N=C(\C)C[C@@H]1OC[C@@H](O)[C@H](O)[C@H]1O. The number of aliphatic hydroxyl groups is 3. The second-order valence-electron chi connectivity index (χ2n) is 4.99. The number of hydrogen-bond acceptors (Lipinski definition) is 6. The summed E-state index contributed by atoms with van der Waals surface area (Å²) >= 11 is 0. The molecule has 112 valence electrons. The highest BCUT2D eigenvalue weighted by atomic mass is 16.6. The first-order valence-corrected chi connectivity index (χ1v) is 6.87. The van der Waals surface area contributed by atoms with Crippen molar-refractivity contribution in [1.82, 2.24) is 0 Å². The lowest BCUT2D eigenvalue weighted by molar-refractivity contribution is -0.184. The van der Waals surface area contributed by atoms with Crippen LogP contribution in [-0.4, -0.2) is 58.7 Å². The maximum atomic E-state index is 9.77. The van der Waals surface area contributed by atoms with Gasteiger partial charge < -0.3 is 24.9 Å². The molecule has 19 heavy (non-hydrogen) atoms. The quantitative estimate of drug-likeness (QED) is 0.356. The number of unbranched alkanes of at least 4 members (excludes halogenated alkanes) is 2. The molecule has 1 aliphatic rings. The van der Waals surface area contributed by atoms with Crippen LogP contribution < -0.4 is 0 Å². The van der Waals surface area contributed by atoms with Crippen LogP contribution in [0.5, 0.6) is 0 Å². The minimum Gasteiger partial charge on any atom is -0.396 e. The molecule has 6 heteroatoms. The molecule has 0 bridgehead atoms. The molecule has 1 rings (SSSR count). The molecule has 0 aromatic carbocycles. The Labute approximate surface area is 114 Å². The predicted molar refractivity (Wildman–Crippen MR) is 71.0 cm³/mol. The molecule has 1 saturated heterocycles. The fourth-order valence-corrected chi connectivity index (χ4v) is 1.95. The number of oxime groups is 1. The van der Waals surface area contributed by atoms with E-state index < -0.39 is 24.4 Å². The zero-order valence-electron chi connectivity index (χ0n) is 11.7. The van der Waals surface area contributed by atoms with E-state index in [2.05, 4.69) is 12.1 Å². The van der Waals surface area contributed by atoms with Crippen molar-refractivity contribution in [3.63, 3.8) is 0 Å². The lowest BCUT2D eigenvalue weighted by atomic mass is 9.97. The van der Waals surface area contributed by atoms with E-state index in [1.165, 1.54) is 0 Å². The Balaban J connectivity index is 2.31. The van der Waals surface area contributed by atoms with Gasteiger partial charge in [-0.2, -0.15) is 0 Å². The average molecular weight is 275 g/mol. The van der Waals surface area contributed by atoms with Gasteiger partial charge in [-0.3, -0.25) is 0 Å². The lowest BCUT2D eigenvalue weighted by Gasteiger charge is -2.35. The molecule has 0 amide bonds. The van der Waals surface area contributed by atoms with Gasteiger partial charge in [0.25, 0.3) is 0 Å². The standard InChI is InChI=1S/C13H25NO5/c1-3-4-5-6-19-14-9(2)7-11-13(17)12(16)10(15)8-18-11/h10-13,15-17H,3-8H2,1-2H3/b14-9+/t10-,11+,12+,13+/m1/s1. The van der Waals surface area contributed by atoms with Gasteiger partial charge in [0.15, 0.2) is 0 Å². The van der Waals surface area contributed by atoms with Crippen molar-refractivity contribution in [2.45, 2.75) is 63.9 Å². The molecule has 0 aromatic heterocycles. The van der Waals surface area contributed by atoms with E-state index in [9.17, 15) is 15.3 Å². The van der Waals surface area contributed by atoms with E-state index in [1.54, 1.807) is 6.92 Å². The van der Waals surface area contributed by atoms with Crippen LogP contribution in [0.1, 0.15) is 39.5 Å². The van der Waals surface area contributed by atoms with Gasteiger partial charge in [-0.1, -0.05) is 24.9 Å². The van der Waals surface area contributed by atoms with Crippen molar-refractivity contribution >= 4 is 5.71 Å². The summed E-state index contributed by atoms with van der Waals surface area (Å²) in [6.45, 7) is 4.51. The third-order valence-corrected chi connectivity index (χ3v) is 3.16. The van der Waals surface area contributed by atoms with Crippen molar-refractivity contribution in [1.29, 1.82) is 0 Å². The van der Waals surface area contributed by atoms with Crippen LogP contribution in [-0.2, 0) is 9.57 Å². The van der Waals surface area contributed by atoms with E-state index in [-0.39, 0.29) is 6.61 Å². The minimum atomic E-state index is -1.17. The fourth-order valence-electron chi connectivity index (χ4n) is 1.95. The van der Waals surface area contributed by atoms with Crippen molar-refractivity contribution in [2.24, 2.45) is 5.16 Å². The summed E-state index contributed by atoms with van der Waals surface area (Å²) in [4.78, 5) is 5.16. The lowest BCUT2D eigenvalue weighted by Crippen LogP contribution is -2.53. The van der Waals surface area contributed by atoms with E-state index in [0.29, 0.717) is 18.7 Å². The first-order chi connectivity index (χ1) is 9.06. The van der Waals surface area contributed by atoms with Crippen molar-refractivity contribution in [3.8, 4) is 0 Å². The minimum absolute atomic E-state index is 0.0214. The van der Waals surface area contributed by atoms with Crippen molar-refractivity contribution in [2.75, 3.05) is 13.2 Å². The number of rotatable bonds is 7. The van der Waals surface area contributed by atoms with Gasteiger partial charge >= 0.3 is 0 Å². The Morgan fingerprint density at radius 2 is 2.00 bits per heavy atom. The molecule has 0 aliphatic carbocycles. The van der Waals surface area contributed by atoms with Crippen LogP contribution in [0.4, 0.5) is 0 Å². The largest absolute Gasteiger partial charge is 0.396 e. The molecule has 1 fully saturated rings. The zero-order valence-corrected chi connectivity index (χ0v) is 11.7. The Kier molecular flexibility index (Phi) is 7.30. The maximum absolute atomic E-state index is 9.77. The summed E-state index contributed by atoms with van der Waals surface area (Å²) in [5.74, 6) is 0. The molecule has 3 N–H and O–H groups in total. The highest BCUT2D eigenvalue weighted by Crippen LogP contribution is 2.18. The zero-order chi connectivity index (χ0) is 14.3. The van der Waals surface area contributed by atoms with Crippen LogP contribution in [0.2, 0.25) is 0 Å². The van der Waals surface area contributed by atoms with E-state index >= 15 is 0 Å². The summed E-state index contributed by atoms with van der Waals surface area (Å²) in [7, 11) is 0. The maximum Gasteiger partial charge on any atom is 0.117 e. The molecule has 0 aromatic rings. The number of ether oxygens (including phenoxy) is 1. The van der Waals surface area contributed by atoms with Crippen LogP contribution in [0, 0.1) is 0 Å². The second-order valence-corrected chi connectivity index (χ2v) is 4.99. The summed E-state index contributed by atoms with van der Waals surface area (Å²) in [5, 5.41) is 32.6. The Morgan fingerprint density at radius 3 is 2.68 bits per heavy atom. The van der Waals surface area contributed by atoms with Crippen LogP contribution in [0.15, 0.2) is 5.16 Å².